The minimum Gasteiger partial charge on any atom is -0.411 e. The Hall–Kier alpha value is -1.49. The number of hydrogen-bond acceptors (Lipinski definition) is 3. The first-order valence-corrected chi connectivity index (χ1v) is 5.56. The molecule has 2 unspecified atom stereocenters. The molecule has 2 N–H and O–H groups in total. The maximum absolute atomic E-state index is 13.6. The lowest BCUT2D eigenvalue weighted by molar-refractivity contribution is 0.308. The van der Waals surface area contributed by atoms with Gasteiger partial charge in [-0.15, -0.1) is 5.16 Å². The number of piperidine rings is 1. The predicted molar refractivity (Wildman–Crippen MR) is 60.1 cm³/mol. The van der Waals surface area contributed by atoms with Gasteiger partial charge in [-0.25, -0.2) is 8.78 Å². The number of benzene rings is 1. The van der Waals surface area contributed by atoms with E-state index in [0.717, 1.165) is 19.0 Å². The number of oxime groups is 1. The molecule has 3 nitrogen and oxygen atoms in total. The van der Waals surface area contributed by atoms with Crippen LogP contribution in [0, 0.1) is 17.6 Å². The Morgan fingerprint density at radius 1 is 1.41 bits per heavy atom. The van der Waals surface area contributed by atoms with Gasteiger partial charge in [0.25, 0.3) is 0 Å². The standard InChI is InChI=1S/C12H14F2N2O/c13-9-1-2-10(11(14)6-9)12-5-8(7-16-17)3-4-15-12/h1-2,6-8,12,15,17H,3-5H2/b16-7+. The Bertz CT molecular complexity index is 423. The van der Waals surface area contributed by atoms with E-state index in [2.05, 4.69) is 10.5 Å². The summed E-state index contributed by atoms with van der Waals surface area (Å²) in [7, 11) is 0. The van der Waals surface area contributed by atoms with Crippen molar-refractivity contribution in [2.24, 2.45) is 11.1 Å². The van der Waals surface area contributed by atoms with E-state index in [1.807, 2.05) is 0 Å². The maximum Gasteiger partial charge on any atom is 0.130 e. The zero-order valence-corrected chi connectivity index (χ0v) is 9.24. The molecule has 1 aromatic rings. The lowest BCUT2D eigenvalue weighted by atomic mass is 9.89. The van der Waals surface area contributed by atoms with Crippen molar-refractivity contribution in [1.29, 1.82) is 0 Å². The molecule has 0 bridgehead atoms. The SMILES string of the molecule is O/N=C/C1CCNC(c2ccc(F)cc2F)C1. The van der Waals surface area contributed by atoms with Gasteiger partial charge in [0.1, 0.15) is 11.6 Å². The molecule has 1 aromatic carbocycles. The second kappa shape index (κ2) is 5.23. The molecule has 2 atom stereocenters. The molecule has 0 amide bonds. The minimum atomic E-state index is -0.574. The molecule has 92 valence electrons. The van der Waals surface area contributed by atoms with Crippen LogP contribution in [0.15, 0.2) is 23.4 Å². The fraction of sp³-hybridized carbons (Fsp3) is 0.417. The van der Waals surface area contributed by atoms with E-state index in [1.54, 1.807) is 0 Å². The smallest absolute Gasteiger partial charge is 0.130 e. The van der Waals surface area contributed by atoms with E-state index in [4.69, 9.17) is 5.21 Å². The molecule has 1 aliphatic rings. The van der Waals surface area contributed by atoms with Crippen LogP contribution >= 0.6 is 0 Å². The van der Waals surface area contributed by atoms with Crippen molar-refractivity contribution >= 4 is 6.21 Å². The highest BCUT2D eigenvalue weighted by atomic mass is 19.1. The zero-order valence-electron chi connectivity index (χ0n) is 9.24. The Balaban J connectivity index is 2.16. The van der Waals surface area contributed by atoms with Gasteiger partial charge in [0.15, 0.2) is 0 Å². The highest BCUT2D eigenvalue weighted by Crippen LogP contribution is 2.28. The summed E-state index contributed by atoms with van der Waals surface area (Å²) in [4.78, 5) is 0. The summed E-state index contributed by atoms with van der Waals surface area (Å²) in [5.74, 6) is -0.990. The van der Waals surface area contributed by atoms with Gasteiger partial charge < -0.3 is 10.5 Å². The van der Waals surface area contributed by atoms with Crippen molar-refractivity contribution < 1.29 is 14.0 Å². The van der Waals surface area contributed by atoms with Crippen molar-refractivity contribution in [2.75, 3.05) is 6.54 Å². The molecule has 0 spiro atoms. The molecule has 1 heterocycles. The summed E-state index contributed by atoms with van der Waals surface area (Å²) in [6.45, 7) is 0.720. The Kier molecular flexibility index (Phi) is 3.68. The Morgan fingerprint density at radius 2 is 2.24 bits per heavy atom. The summed E-state index contributed by atoms with van der Waals surface area (Å²) >= 11 is 0. The third-order valence-electron chi connectivity index (χ3n) is 3.06. The van der Waals surface area contributed by atoms with Crippen molar-refractivity contribution in [3.63, 3.8) is 0 Å². The van der Waals surface area contributed by atoms with Gasteiger partial charge in [0.05, 0.1) is 0 Å². The molecule has 17 heavy (non-hydrogen) atoms. The third-order valence-corrected chi connectivity index (χ3v) is 3.06. The molecule has 1 saturated heterocycles. The lowest BCUT2D eigenvalue weighted by Crippen LogP contribution is -2.32. The second-order valence-electron chi connectivity index (χ2n) is 4.22. The van der Waals surface area contributed by atoms with E-state index in [-0.39, 0.29) is 12.0 Å². The first-order valence-electron chi connectivity index (χ1n) is 5.56. The highest BCUT2D eigenvalue weighted by Gasteiger charge is 2.24. The zero-order chi connectivity index (χ0) is 12.3. The number of nitrogens with zero attached hydrogens (tertiary/aromatic N) is 1. The first-order chi connectivity index (χ1) is 8.20. The molecular weight excluding hydrogens is 226 g/mol. The summed E-state index contributed by atoms with van der Waals surface area (Å²) in [5.41, 5.74) is 0.461. The normalized spacial score (nSPS) is 25.3. The average Bonchev–Trinajstić information content (AvgIpc) is 2.29. The van der Waals surface area contributed by atoms with Gasteiger partial charge in [0.2, 0.25) is 0 Å². The number of rotatable bonds is 2. The van der Waals surface area contributed by atoms with Gasteiger partial charge in [-0.05, 0) is 25.5 Å². The summed E-state index contributed by atoms with van der Waals surface area (Å²) in [6.07, 6.45) is 2.96. The van der Waals surface area contributed by atoms with E-state index < -0.39 is 11.6 Å². The molecule has 0 aliphatic carbocycles. The van der Waals surface area contributed by atoms with E-state index >= 15 is 0 Å². The molecule has 5 heteroatoms. The quantitative estimate of drug-likeness (QED) is 0.474. The van der Waals surface area contributed by atoms with Crippen LogP contribution < -0.4 is 5.32 Å². The van der Waals surface area contributed by atoms with Gasteiger partial charge in [-0.1, -0.05) is 6.07 Å². The fourth-order valence-electron chi connectivity index (χ4n) is 2.20. The first kappa shape index (κ1) is 12.0. The van der Waals surface area contributed by atoms with Crippen LogP contribution in [0.5, 0.6) is 0 Å². The fourth-order valence-corrected chi connectivity index (χ4v) is 2.20. The molecule has 0 saturated carbocycles. The van der Waals surface area contributed by atoms with Crippen LogP contribution in [0.3, 0.4) is 0 Å². The van der Waals surface area contributed by atoms with Gasteiger partial charge >= 0.3 is 0 Å². The van der Waals surface area contributed by atoms with Gasteiger partial charge in [-0.3, -0.25) is 0 Å². The lowest BCUT2D eigenvalue weighted by Gasteiger charge is -2.28. The van der Waals surface area contributed by atoms with Crippen LogP contribution in [0.4, 0.5) is 8.78 Å². The second-order valence-corrected chi connectivity index (χ2v) is 4.22. The summed E-state index contributed by atoms with van der Waals surface area (Å²) < 4.78 is 26.4. The van der Waals surface area contributed by atoms with Crippen LogP contribution in [0.1, 0.15) is 24.4 Å². The molecule has 1 aliphatic heterocycles. The predicted octanol–water partition coefficient (Wildman–Crippen LogP) is 2.47. The van der Waals surface area contributed by atoms with E-state index in [1.165, 1.54) is 18.3 Å². The van der Waals surface area contributed by atoms with Gasteiger partial charge in [0, 0.05) is 29.8 Å². The molecule has 2 rings (SSSR count). The van der Waals surface area contributed by atoms with Crippen LogP contribution in [-0.2, 0) is 0 Å². The monoisotopic (exact) mass is 240 g/mol. The largest absolute Gasteiger partial charge is 0.411 e. The van der Waals surface area contributed by atoms with Crippen molar-refractivity contribution in [2.45, 2.75) is 18.9 Å². The van der Waals surface area contributed by atoms with Crippen molar-refractivity contribution in [3.05, 3.63) is 35.4 Å². The number of halogens is 2. The van der Waals surface area contributed by atoms with E-state index in [9.17, 15) is 8.78 Å². The Labute approximate surface area is 98.1 Å². The topological polar surface area (TPSA) is 44.6 Å². The average molecular weight is 240 g/mol. The molecule has 1 fully saturated rings. The highest BCUT2D eigenvalue weighted by molar-refractivity contribution is 5.60. The van der Waals surface area contributed by atoms with Crippen molar-refractivity contribution in [1.82, 2.24) is 5.32 Å². The summed E-state index contributed by atoms with van der Waals surface area (Å²) in [5, 5.41) is 14.7. The molecule has 0 radical (unpaired) electrons. The van der Waals surface area contributed by atoms with Crippen LogP contribution in [0.2, 0.25) is 0 Å². The number of nitrogens with one attached hydrogen (secondary N) is 1. The summed E-state index contributed by atoms with van der Waals surface area (Å²) in [6, 6.07) is 3.44. The van der Waals surface area contributed by atoms with Crippen LogP contribution in [0.25, 0.3) is 0 Å². The third kappa shape index (κ3) is 2.79. The van der Waals surface area contributed by atoms with Gasteiger partial charge in [-0.2, -0.15) is 0 Å². The maximum atomic E-state index is 13.6. The Morgan fingerprint density at radius 3 is 2.94 bits per heavy atom. The molecular formula is C12H14F2N2O. The van der Waals surface area contributed by atoms with E-state index in [0.29, 0.717) is 12.0 Å². The number of hydrogen-bond donors (Lipinski definition) is 2. The molecule has 0 aromatic heterocycles. The van der Waals surface area contributed by atoms with Crippen molar-refractivity contribution in [3.8, 4) is 0 Å². The van der Waals surface area contributed by atoms with Crippen LogP contribution in [-0.4, -0.2) is 18.0 Å². The minimum absolute atomic E-state index is 0.121.